The molecule has 0 fully saturated rings. The summed E-state index contributed by atoms with van der Waals surface area (Å²) in [5.41, 5.74) is 6.34. The lowest BCUT2D eigenvalue weighted by molar-refractivity contribution is -0.121. The molecule has 0 aliphatic carbocycles. The SMILES string of the molecule is CCCCOc1ccc(C(C)NC(=O)CCN)cc1OC.Cl. The number of hydrogen-bond acceptors (Lipinski definition) is 4. The highest BCUT2D eigenvalue weighted by Gasteiger charge is 2.12. The maximum Gasteiger partial charge on any atom is 0.221 e. The lowest BCUT2D eigenvalue weighted by Gasteiger charge is -2.17. The quantitative estimate of drug-likeness (QED) is 0.683. The number of carbonyl (C=O) groups is 1. The zero-order valence-corrected chi connectivity index (χ0v) is 14.4. The van der Waals surface area contributed by atoms with Crippen LogP contribution in [0, 0.1) is 0 Å². The van der Waals surface area contributed by atoms with E-state index in [-0.39, 0.29) is 24.4 Å². The van der Waals surface area contributed by atoms with Crippen LogP contribution in [0.1, 0.15) is 44.7 Å². The summed E-state index contributed by atoms with van der Waals surface area (Å²) < 4.78 is 11.1. The Kier molecular flexibility index (Phi) is 10.4. The first-order chi connectivity index (χ1) is 10.1. The molecule has 1 rings (SSSR count). The number of hydrogen-bond donors (Lipinski definition) is 2. The van der Waals surface area contributed by atoms with E-state index in [1.807, 2.05) is 25.1 Å². The molecular formula is C16H27ClN2O3. The zero-order valence-electron chi connectivity index (χ0n) is 13.6. The molecule has 0 bridgehead atoms. The van der Waals surface area contributed by atoms with Gasteiger partial charge in [-0.15, -0.1) is 12.4 Å². The van der Waals surface area contributed by atoms with Gasteiger partial charge in [-0.05, 0) is 31.0 Å². The van der Waals surface area contributed by atoms with E-state index in [2.05, 4.69) is 12.2 Å². The second-order valence-corrected chi connectivity index (χ2v) is 4.94. The number of amides is 1. The standard InChI is InChI=1S/C16H26N2O3.ClH/c1-4-5-10-21-14-7-6-13(11-15(14)20-3)12(2)18-16(19)8-9-17;/h6-7,11-12H,4-5,8-10,17H2,1-3H3,(H,18,19);1H. The third-order valence-corrected chi connectivity index (χ3v) is 3.19. The van der Waals surface area contributed by atoms with Gasteiger partial charge < -0.3 is 20.5 Å². The van der Waals surface area contributed by atoms with E-state index in [4.69, 9.17) is 15.2 Å². The molecule has 1 atom stereocenters. The van der Waals surface area contributed by atoms with Crippen LogP contribution in [-0.4, -0.2) is 26.2 Å². The number of unbranched alkanes of at least 4 members (excludes halogenated alkanes) is 1. The predicted octanol–water partition coefficient (Wildman–Crippen LogP) is 2.82. The van der Waals surface area contributed by atoms with Gasteiger partial charge in [-0.1, -0.05) is 19.4 Å². The molecule has 1 amide bonds. The van der Waals surface area contributed by atoms with Gasteiger partial charge in [0, 0.05) is 13.0 Å². The van der Waals surface area contributed by atoms with Crippen molar-refractivity contribution < 1.29 is 14.3 Å². The summed E-state index contributed by atoms with van der Waals surface area (Å²) in [6.07, 6.45) is 2.43. The van der Waals surface area contributed by atoms with Crippen molar-refractivity contribution in [3.05, 3.63) is 23.8 Å². The van der Waals surface area contributed by atoms with Gasteiger partial charge in [-0.2, -0.15) is 0 Å². The monoisotopic (exact) mass is 330 g/mol. The minimum Gasteiger partial charge on any atom is -0.493 e. The van der Waals surface area contributed by atoms with Crippen molar-refractivity contribution in [3.8, 4) is 11.5 Å². The van der Waals surface area contributed by atoms with Crippen molar-refractivity contribution in [1.82, 2.24) is 5.32 Å². The number of methoxy groups -OCH3 is 1. The first kappa shape index (κ1) is 20.5. The van der Waals surface area contributed by atoms with E-state index in [9.17, 15) is 4.79 Å². The number of nitrogens with two attached hydrogens (primary N) is 1. The number of carbonyl (C=O) groups excluding carboxylic acids is 1. The van der Waals surface area contributed by atoms with Crippen molar-refractivity contribution in [2.75, 3.05) is 20.3 Å². The fraction of sp³-hybridized carbons (Fsp3) is 0.562. The fourth-order valence-electron chi connectivity index (χ4n) is 1.93. The van der Waals surface area contributed by atoms with Crippen LogP contribution in [0.15, 0.2) is 18.2 Å². The van der Waals surface area contributed by atoms with Gasteiger partial charge in [0.05, 0.1) is 19.8 Å². The molecule has 0 aliphatic rings. The molecule has 5 nitrogen and oxygen atoms in total. The second-order valence-electron chi connectivity index (χ2n) is 4.94. The molecule has 0 saturated heterocycles. The number of ether oxygens (including phenoxy) is 2. The Hall–Kier alpha value is -1.46. The van der Waals surface area contributed by atoms with Crippen LogP contribution in [0.25, 0.3) is 0 Å². The Labute approximate surface area is 139 Å². The van der Waals surface area contributed by atoms with Gasteiger partial charge >= 0.3 is 0 Å². The van der Waals surface area contributed by atoms with Crippen LogP contribution < -0.4 is 20.5 Å². The molecule has 0 aromatic heterocycles. The summed E-state index contributed by atoms with van der Waals surface area (Å²) in [7, 11) is 1.61. The molecule has 0 radical (unpaired) electrons. The van der Waals surface area contributed by atoms with E-state index >= 15 is 0 Å². The highest BCUT2D eigenvalue weighted by atomic mass is 35.5. The molecular weight excluding hydrogens is 304 g/mol. The molecule has 0 heterocycles. The largest absolute Gasteiger partial charge is 0.493 e. The molecule has 6 heteroatoms. The van der Waals surface area contributed by atoms with Crippen molar-refractivity contribution in [3.63, 3.8) is 0 Å². The summed E-state index contributed by atoms with van der Waals surface area (Å²) in [5, 5.41) is 2.90. The summed E-state index contributed by atoms with van der Waals surface area (Å²) in [6.45, 7) is 5.08. The topological polar surface area (TPSA) is 73.6 Å². The number of benzene rings is 1. The van der Waals surface area contributed by atoms with Gasteiger partial charge in [-0.25, -0.2) is 0 Å². The molecule has 3 N–H and O–H groups in total. The van der Waals surface area contributed by atoms with Crippen LogP contribution in [0.3, 0.4) is 0 Å². The second kappa shape index (κ2) is 11.2. The Morgan fingerprint density at radius 3 is 2.68 bits per heavy atom. The highest BCUT2D eigenvalue weighted by Crippen LogP contribution is 2.30. The van der Waals surface area contributed by atoms with Crippen molar-refractivity contribution in [1.29, 1.82) is 0 Å². The molecule has 0 saturated carbocycles. The number of halogens is 1. The Morgan fingerprint density at radius 2 is 2.09 bits per heavy atom. The van der Waals surface area contributed by atoms with Crippen LogP contribution in [0.4, 0.5) is 0 Å². The van der Waals surface area contributed by atoms with Gasteiger partial charge in [0.1, 0.15) is 0 Å². The van der Waals surface area contributed by atoms with Gasteiger partial charge in [-0.3, -0.25) is 4.79 Å². The van der Waals surface area contributed by atoms with Gasteiger partial charge in [0.25, 0.3) is 0 Å². The summed E-state index contributed by atoms with van der Waals surface area (Å²) in [5.74, 6) is 1.37. The maximum absolute atomic E-state index is 11.6. The molecule has 0 spiro atoms. The summed E-state index contributed by atoms with van der Waals surface area (Å²) in [4.78, 5) is 11.6. The lowest BCUT2D eigenvalue weighted by atomic mass is 10.1. The normalized spacial score (nSPS) is 11.3. The first-order valence-corrected chi connectivity index (χ1v) is 7.42. The van der Waals surface area contributed by atoms with Crippen LogP contribution in [0.5, 0.6) is 11.5 Å². The number of nitrogens with one attached hydrogen (secondary N) is 1. The van der Waals surface area contributed by atoms with E-state index in [0.29, 0.717) is 25.3 Å². The van der Waals surface area contributed by atoms with E-state index in [1.165, 1.54) is 0 Å². The van der Waals surface area contributed by atoms with Gasteiger partial charge in [0.2, 0.25) is 5.91 Å². The zero-order chi connectivity index (χ0) is 15.7. The highest BCUT2D eigenvalue weighted by molar-refractivity contribution is 5.85. The van der Waals surface area contributed by atoms with E-state index in [1.54, 1.807) is 7.11 Å². The molecule has 22 heavy (non-hydrogen) atoms. The van der Waals surface area contributed by atoms with Crippen LogP contribution in [-0.2, 0) is 4.79 Å². The predicted molar refractivity (Wildman–Crippen MR) is 90.9 cm³/mol. The van der Waals surface area contributed by atoms with E-state index < -0.39 is 0 Å². The van der Waals surface area contributed by atoms with Crippen molar-refractivity contribution in [2.45, 2.75) is 39.2 Å². The average molecular weight is 331 g/mol. The van der Waals surface area contributed by atoms with E-state index in [0.717, 1.165) is 24.2 Å². The average Bonchev–Trinajstić information content (AvgIpc) is 2.47. The Balaban J connectivity index is 0.00000441. The van der Waals surface area contributed by atoms with Crippen LogP contribution >= 0.6 is 12.4 Å². The van der Waals surface area contributed by atoms with Crippen LogP contribution in [0.2, 0.25) is 0 Å². The molecule has 1 aromatic carbocycles. The summed E-state index contributed by atoms with van der Waals surface area (Å²) >= 11 is 0. The Bertz CT molecular complexity index is 455. The van der Waals surface area contributed by atoms with Crippen molar-refractivity contribution in [2.24, 2.45) is 5.73 Å². The molecule has 1 aromatic rings. The third-order valence-electron chi connectivity index (χ3n) is 3.19. The van der Waals surface area contributed by atoms with Gasteiger partial charge in [0.15, 0.2) is 11.5 Å². The fourth-order valence-corrected chi connectivity index (χ4v) is 1.93. The maximum atomic E-state index is 11.6. The molecule has 1 unspecified atom stereocenters. The lowest BCUT2D eigenvalue weighted by Crippen LogP contribution is -2.28. The third kappa shape index (κ3) is 6.54. The Morgan fingerprint density at radius 1 is 1.36 bits per heavy atom. The van der Waals surface area contributed by atoms with Crippen molar-refractivity contribution >= 4 is 18.3 Å². The minimum absolute atomic E-state index is 0. The summed E-state index contributed by atoms with van der Waals surface area (Å²) in [6, 6.07) is 5.63. The smallest absolute Gasteiger partial charge is 0.221 e. The number of rotatable bonds is 9. The minimum atomic E-state index is -0.0948. The first-order valence-electron chi connectivity index (χ1n) is 7.42. The molecule has 0 aliphatic heterocycles. The molecule has 126 valence electrons.